The summed E-state index contributed by atoms with van der Waals surface area (Å²) in [6.45, 7) is 20.1. The molecule has 5 atom stereocenters. The van der Waals surface area contributed by atoms with Crippen LogP contribution in [0.25, 0.3) is 16.0 Å². The molecule has 0 bridgehead atoms. The van der Waals surface area contributed by atoms with Crippen LogP contribution in [0.3, 0.4) is 0 Å². The third-order valence-corrected chi connectivity index (χ3v) is 25.9. The zero-order valence-corrected chi connectivity index (χ0v) is 66.0. The number of carbonyl (C=O) groups excluding carboxylic acids is 5. The van der Waals surface area contributed by atoms with E-state index >= 15 is 0 Å². The number of rotatable bonds is 29. The van der Waals surface area contributed by atoms with Gasteiger partial charge in [-0.3, -0.25) is 28.9 Å². The number of thiazole rings is 1. The average molecular weight is 1570 g/mol. The lowest BCUT2D eigenvalue weighted by Gasteiger charge is -2.39. The highest BCUT2D eigenvalue weighted by atomic mass is 35.5. The van der Waals surface area contributed by atoms with Gasteiger partial charge in [0.05, 0.1) is 38.8 Å². The third kappa shape index (κ3) is 22.0. The highest BCUT2D eigenvalue weighted by molar-refractivity contribution is 7.99. The molecule has 4 aliphatic rings. The van der Waals surface area contributed by atoms with Crippen LogP contribution in [0.15, 0.2) is 147 Å². The number of likely N-dealkylation sites (tertiary alicyclic amines) is 1. The molecule has 3 aliphatic heterocycles. The molecule has 6 aromatic rings. The van der Waals surface area contributed by atoms with Crippen molar-refractivity contribution >= 4 is 101 Å². The number of carbonyl (C=O) groups is 5. The number of alkyl halides is 3. The standard InChI is InChI=1S/C79H100ClF3N10O10S4/c1-53(55-20-22-57(23-21-55)72-54(2)84-52-105-72)85-75(98)68-46-63(94)50-93(68)76(99)73(77(3,4)5)87-70(95)18-13-8-9-14-19-71(96)92-38-15-37-89(40-45-92)39-35-61(51-104-64-16-11-10-12-17-64)86-67-33-32-65(47-69(67)106(100,101)79(81,82)83)107(102,103)88-74(97)58-26-30-62(31-27-58)91-43-41-90(42-44-91)49-59-48-78(6,7)36-34-66(59)56-24-28-60(80)29-25-56/h10-12,16-17,20-33,47,52-53,61,63,68,73,86,94H,8-9,13-15,18-19,34-46,48-51H2,1-7H3,(H,85,98)(H,87,95)(H,88,97)/t53-,61+,63+,68-,73+/m0/s1. The molecule has 1 aromatic heterocycles. The Morgan fingerprint density at radius 3 is 2.12 bits per heavy atom. The predicted molar refractivity (Wildman–Crippen MR) is 416 cm³/mol. The van der Waals surface area contributed by atoms with E-state index < -0.39 is 94.3 Å². The molecule has 107 heavy (non-hydrogen) atoms. The van der Waals surface area contributed by atoms with E-state index in [0.717, 1.165) is 83.3 Å². The summed E-state index contributed by atoms with van der Waals surface area (Å²) < 4.78 is 101. The molecule has 3 fully saturated rings. The Morgan fingerprint density at radius 2 is 1.46 bits per heavy atom. The van der Waals surface area contributed by atoms with E-state index in [4.69, 9.17) is 11.6 Å². The number of piperazine rings is 1. The molecule has 28 heteroatoms. The van der Waals surface area contributed by atoms with Crippen LogP contribution in [0.5, 0.6) is 0 Å². The Kier molecular flexibility index (Phi) is 27.6. The summed E-state index contributed by atoms with van der Waals surface area (Å²) in [4.78, 5) is 82.9. The van der Waals surface area contributed by atoms with Gasteiger partial charge in [0.15, 0.2) is 0 Å². The van der Waals surface area contributed by atoms with Crippen molar-refractivity contribution in [2.45, 2.75) is 176 Å². The molecule has 0 unspecified atom stereocenters. The van der Waals surface area contributed by atoms with Crippen LogP contribution in [-0.2, 0) is 39.0 Å². The number of hydrogen-bond acceptors (Lipinski definition) is 17. The molecule has 5 N–H and O–H groups in total. The predicted octanol–water partition coefficient (Wildman–Crippen LogP) is 13.2. The number of halogens is 4. The van der Waals surface area contributed by atoms with E-state index in [1.807, 2.05) is 111 Å². The average Bonchev–Trinajstić information content (AvgIpc) is 1.10. The largest absolute Gasteiger partial charge is 0.501 e. The summed E-state index contributed by atoms with van der Waals surface area (Å²) in [6, 6.07) is 30.9. The number of aliphatic hydroxyl groups excluding tert-OH is 1. The summed E-state index contributed by atoms with van der Waals surface area (Å²) in [5.41, 5.74) is 2.56. The monoisotopic (exact) mass is 1570 g/mol. The SMILES string of the molecule is Cc1ncsc1-c1ccc([C@H](C)NC(=O)[C@@H]2C[C@@H](O)CN2C(=O)[C@@H](NC(=O)CCCCCCC(=O)N2CCCN(CC[C@H](CSc3ccccc3)Nc3ccc(S(=O)(=O)NC(=O)c4ccc(N5CCN(CC6=C(c7ccc(Cl)cc7)CCC(C)(C)C6)CC5)cc4)cc3S(=O)(=O)C(F)(F)F)CC2)C(C)(C)C)cc1. The number of allylic oxidation sites excluding steroid dienone is 1. The minimum atomic E-state index is -6.18. The fourth-order valence-electron chi connectivity index (χ4n) is 14.4. The number of aliphatic hydroxyl groups is 1. The highest BCUT2D eigenvalue weighted by Crippen LogP contribution is 2.44. The first-order valence-corrected chi connectivity index (χ1v) is 42.0. The summed E-state index contributed by atoms with van der Waals surface area (Å²) in [5.74, 6) is -1.99. The molecule has 3 saturated heterocycles. The lowest BCUT2D eigenvalue weighted by Crippen LogP contribution is -2.57. The number of nitrogens with zero attached hydrogens (tertiary/aromatic N) is 6. The van der Waals surface area contributed by atoms with Crippen LogP contribution < -0.4 is 25.6 Å². The van der Waals surface area contributed by atoms with E-state index in [1.54, 1.807) is 29.0 Å². The number of sulfone groups is 1. The fraction of sp³-hybridized carbons (Fsp3) is 0.494. The fourth-order valence-corrected chi connectivity index (χ4v) is 18.4. The van der Waals surface area contributed by atoms with Crippen LogP contribution in [0.1, 0.15) is 152 Å². The molecule has 20 nitrogen and oxygen atoms in total. The second-order valence-corrected chi connectivity index (χ2v) is 36.4. The van der Waals surface area contributed by atoms with Gasteiger partial charge < -0.3 is 40.7 Å². The number of aromatic nitrogens is 1. The topological polar surface area (TPSA) is 251 Å². The second kappa shape index (κ2) is 36.0. The summed E-state index contributed by atoms with van der Waals surface area (Å²) >= 11 is 9.18. The lowest BCUT2D eigenvalue weighted by molar-refractivity contribution is -0.144. The van der Waals surface area contributed by atoms with Gasteiger partial charge in [0, 0.05) is 118 Å². The Labute approximate surface area is 641 Å². The van der Waals surface area contributed by atoms with Crippen molar-refractivity contribution < 1.29 is 59.1 Å². The van der Waals surface area contributed by atoms with Gasteiger partial charge in [0.2, 0.25) is 23.6 Å². The Balaban J connectivity index is 0.687. The smallest absolute Gasteiger partial charge is 0.391 e. The molecule has 578 valence electrons. The molecule has 5 aromatic carbocycles. The molecular weight excluding hydrogens is 1470 g/mol. The zero-order chi connectivity index (χ0) is 77.0. The van der Waals surface area contributed by atoms with Crippen LogP contribution in [0.4, 0.5) is 24.5 Å². The van der Waals surface area contributed by atoms with Crippen LogP contribution >= 0.6 is 34.7 Å². The number of anilines is 2. The number of nitrogens with one attached hydrogen (secondary N) is 4. The van der Waals surface area contributed by atoms with Crippen molar-refractivity contribution in [1.82, 2.24) is 39.9 Å². The van der Waals surface area contributed by atoms with Crippen molar-refractivity contribution in [3.05, 3.63) is 160 Å². The first kappa shape index (κ1) is 82.1. The second-order valence-electron chi connectivity index (χ2n) is 30.4. The maximum absolute atomic E-state index is 14.6. The van der Waals surface area contributed by atoms with Crippen molar-refractivity contribution in [3.8, 4) is 10.4 Å². The number of amides is 5. The van der Waals surface area contributed by atoms with Crippen molar-refractivity contribution in [2.75, 3.05) is 88.0 Å². The molecule has 1 aliphatic carbocycles. The van der Waals surface area contributed by atoms with Crippen molar-refractivity contribution in [3.63, 3.8) is 0 Å². The van der Waals surface area contributed by atoms with E-state index in [9.17, 15) is 59.1 Å². The molecule has 4 heterocycles. The maximum Gasteiger partial charge on any atom is 0.501 e. The van der Waals surface area contributed by atoms with Gasteiger partial charge in [0.1, 0.15) is 17.0 Å². The molecule has 10 rings (SSSR count). The molecule has 5 amide bonds. The Morgan fingerprint density at radius 1 is 0.785 bits per heavy atom. The van der Waals surface area contributed by atoms with Gasteiger partial charge in [-0.2, -0.15) is 13.2 Å². The number of β-amino-alcohol motifs (C(OH)–C–C–N with tert-alkyl or cyclic N) is 1. The summed E-state index contributed by atoms with van der Waals surface area (Å²) in [6.07, 6.45) is 6.02. The molecule has 0 saturated carbocycles. The summed E-state index contributed by atoms with van der Waals surface area (Å²) in [7, 11) is -11.1. The molecular formula is C79H100ClF3N10O10S4. The number of thioether (sulfide) groups is 1. The van der Waals surface area contributed by atoms with E-state index in [0.29, 0.717) is 102 Å². The number of benzene rings is 5. The van der Waals surface area contributed by atoms with Gasteiger partial charge in [-0.1, -0.05) is 119 Å². The van der Waals surface area contributed by atoms with Crippen LogP contribution in [0.2, 0.25) is 5.02 Å². The number of sulfonamides is 1. The highest BCUT2D eigenvalue weighted by Gasteiger charge is 2.49. The van der Waals surface area contributed by atoms with E-state index in [-0.39, 0.29) is 47.9 Å². The summed E-state index contributed by atoms with van der Waals surface area (Å²) in [5, 5.41) is 20.5. The molecule has 0 spiro atoms. The number of aryl methyl sites for hydroxylation is 1. The minimum Gasteiger partial charge on any atom is -0.391 e. The zero-order valence-electron chi connectivity index (χ0n) is 61.9. The van der Waals surface area contributed by atoms with Crippen molar-refractivity contribution in [2.24, 2.45) is 10.8 Å². The van der Waals surface area contributed by atoms with Gasteiger partial charge in [-0.05, 0) is 165 Å². The van der Waals surface area contributed by atoms with Gasteiger partial charge in [-0.25, -0.2) is 26.5 Å². The Bertz CT molecular complexity index is 4350. The lowest BCUT2D eigenvalue weighted by atomic mass is 9.73. The Hall–Kier alpha value is -7.37. The van der Waals surface area contributed by atoms with Crippen LogP contribution in [0, 0.1) is 17.8 Å². The minimum absolute atomic E-state index is 0.0178. The third-order valence-electron chi connectivity index (χ3n) is 20.6. The number of hydrogen-bond donors (Lipinski definition) is 5. The van der Waals surface area contributed by atoms with E-state index in [1.165, 1.54) is 45.5 Å². The van der Waals surface area contributed by atoms with Gasteiger partial charge in [-0.15, -0.1) is 23.1 Å². The quantitative estimate of drug-likeness (QED) is 0.0216. The van der Waals surface area contributed by atoms with Crippen molar-refractivity contribution in [1.29, 1.82) is 0 Å². The first-order chi connectivity index (χ1) is 50.7. The first-order valence-electron chi connectivity index (χ1n) is 36.8. The van der Waals surface area contributed by atoms with Gasteiger partial charge >= 0.3 is 5.51 Å². The normalized spacial score (nSPS) is 18.7. The van der Waals surface area contributed by atoms with Gasteiger partial charge in [0.25, 0.3) is 25.8 Å². The maximum atomic E-state index is 14.6. The number of unbranched alkanes of at least 4 members (excludes halogenated alkanes) is 3. The van der Waals surface area contributed by atoms with E-state index in [2.05, 4.69) is 61.6 Å². The molecule has 0 radical (unpaired) electrons. The van der Waals surface area contributed by atoms with Crippen LogP contribution in [-0.4, -0.2) is 184 Å².